The predicted molar refractivity (Wildman–Crippen MR) is 19.5 cm³/mol. The summed E-state index contributed by atoms with van der Waals surface area (Å²) in [4.78, 5) is 0. The summed E-state index contributed by atoms with van der Waals surface area (Å²) in [6, 6.07) is 0. The van der Waals surface area contributed by atoms with Crippen LogP contribution in [0.15, 0.2) is 0 Å². The molecule has 1 aliphatic rings. The van der Waals surface area contributed by atoms with E-state index >= 15 is 0 Å². The van der Waals surface area contributed by atoms with Gasteiger partial charge in [0.25, 0.3) is 5.13 Å². The molecule has 0 bridgehead atoms. The lowest BCUT2D eigenvalue weighted by Gasteiger charge is -1.87. The highest BCUT2D eigenvalue weighted by atomic mass is 35.5. The van der Waals surface area contributed by atoms with Crippen LogP contribution in [0.25, 0.3) is 0 Å². The first kappa shape index (κ1) is 6.13. The van der Waals surface area contributed by atoms with Crippen LogP contribution in [0.1, 0.15) is 0 Å². The van der Waals surface area contributed by atoms with Crippen LogP contribution in [0.5, 0.6) is 0 Å². The van der Waals surface area contributed by atoms with Gasteiger partial charge in [0.05, 0.1) is 0 Å². The van der Waals surface area contributed by atoms with E-state index in [-0.39, 0.29) is 0 Å². The van der Waals surface area contributed by atoms with E-state index in [9.17, 15) is 17.6 Å². The summed E-state index contributed by atoms with van der Waals surface area (Å²) in [6.45, 7) is 0. The largest absolute Gasteiger partial charge is 0.333 e. The highest BCUT2D eigenvalue weighted by molar-refractivity contribution is 6.26. The summed E-state index contributed by atoms with van der Waals surface area (Å²) in [5.74, 6) is -3.96. The summed E-state index contributed by atoms with van der Waals surface area (Å²) in [6.07, 6.45) is -2.82. The van der Waals surface area contributed by atoms with Gasteiger partial charge in [-0.2, -0.15) is 8.78 Å². The summed E-state index contributed by atoms with van der Waals surface area (Å²) in [7, 11) is 0. The average molecular weight is 148 g/mol. The number of hydrogen-bond acceptors (Lipinski definition) is 0. The Bertz CT molecular complexity index is 106. The lowest BCUT2D eigenvalue weighted by molar-refractivity contribution is 0.0606. The van der Waals surface area contributed by atoms with Gasteiger partial charge in [0, 0.05) is 0 Å². The molecule has 1 rings (SSSR count). The highest BCUT2D eigenvalue weighted by Gasteiger charge is 2.85. The minimum absolute atomic E-state index is 2.82. The molecule has 1 saturated carbocycles. The molecule has 0 aromatic carbocycles. The van der Waals surface area contributed by atoms with Crippen molar-refractivity contribution in [3.63, 3.8) is 0 Å². The normalized spacial score (nSPS) is 51.4. The number of halogens is 5. The van der Waals surface area contributed by atoms with E-state index in [0.717, 1.165) is 0 Å². The molecule has 0 nitrogen and oxygen atoms in total. The minimum atomic E-state index is -3.96. The van der Waals surface area contributed by atoms with E-state index < -0.39 is 17.2 Å². The van der Waals surface area contributed by atoms with Crippen LogP contribution in [-0.2, 0) is 0 Å². The molecule has 8 heavy (non-hydrogen) atoms. The van der Waals surface area contributed by atoms with Gasteiger partial charge in [-0.3, -0.25) is 0 Å². The molecule has 0 aromatic heterocycles. The Kier molecular flexibility index (Phi) is 0.862. The van der Waals surface area contributed by atoms with Crippen molar-refractivity contribution < 1.29 is 17.6 Å². The third-order valence-electron chi connectivity index (χ3n) is 0.998. The third kappa shape index (κ3) is 0.417. The molecule has 0 saturated heterocycles. The van der Waals surface area contributed by atoms with E-state index in [1.54, 1.807) is 0 Å². The molecular formula is C3HClF4. The lowest BCUT2D eigenvalue weighted by atomic mass is 10.8. The Balaban J connectivity index is 2.72. The quantitative estimate of drug-likeness (QED) is 0.363. The van der Waals surface area contributed by atoms with E-state index in [1.807, 2.05) is 0 Å². The second kappa shape index (κ2) is 1.12. The van der Waals surface area contributed by atoms with Crippen molar-refractivity contribution in [3.8, 4) is 0 Å². The zero-order chi connectivity index (χ0) is 6.58. The standard InChI is InChI=1S/C3HClF4/c4-2(6)1(5)3(2,7)8/h1H/t1-,2+/m0/s1. The summed E-state index contributed by atoms with van der Waals surface area (Å²) in [5.41, 5.74) is 0. The molecule has 0 N–H and O–H groups in total. The second-order valence-electron chi connectivity index (χ2n) is 1.61. The summed E-state index contributed by atoms with van der Waals surface area (Å²) >= 11 is 4.29. The third-order valence-corrected chi connectivity index (χ3v) is 1.44. The van der Waals surface area contributed by atoms with E-state index in [0.29, 0.717) is 0 Å². The highest BCUT2D eigenvalue weighted by Crippen LogP contribution is 2.60. The molecule has 1 fully saturated rings. The molecule has 48 valence electrons. The maximum Gasteiger partial charge on any atom is 0.333 e. The molecular weight excluding hydrogens is 147 g/mol. The molecule has 0 radical (unpaired) electrons. The van der Waals surface area contributed by atoms with Crippen LogP contribution >= 0.6 is 11.6 Å². The molecule has 0 amide bonds. The van der Waals surface area contributed by atoms with E-state index in [2.05, 4.69) is 11.6 Å². The number of rotatable bonds is 0. The maximum atomic E-state index is 11.6. The average Bonchev–Trinajstić information content (AvgIpc) is 1.88. The SMILES string of the molecule is F[C@@H]1C(F)(F)[C@@]1(F)Cl. The molecule has 0 unspecified atom stereocenters. The van der Waals surface area contributed by atoms with Crippen molar-refractivity contribution in [2.24, 2.45) is 0 Å². The molecule has 0 spiro atoms. The van der Waals surface area contributed by atoms with Gasteiger partial charge < -0.3 is 0 Å². The first-order chi connectivity index (χ1) is 3.40. The van der Waals surface area contributed by atoms with Gasteiger partial charge in [0.15, 0.2) is 0 Å². The summed E-state index contributed by atoms with van der Waals surface area (Å²) < 4.78 is 45.9. The van der Waals surface area contributed by atoms with E-state index in [4.69, 9.17) is 0 Å². The van der Waals surface area contributed by atoms with Gasteiger partial charge in [0.2, 0.25) is 6.17 Å². The maximum absolute atomic E-state index is 11.6. The Morgan fingerprint density at radius 2 is 1.38 bits per heavy atom. The number of hydrogen-bond donors (Lipinski definition) is 0. The van der Waals surface area contributed by atoms with Gasteiger partial charge >= 0.3 is 5.92 Å². The second-order valence-corrected chi connectivity index (χ2v) is 2.16. The predicted octanol–water partition coefficient (Wildman–Crippen LogP) is 1.88. The van der Waals surface area contributed by atoms with Crippen LogP contribution in [-0.4, -0.2) is 17.2 Å². The Hall–Kier alpha value is 0.01000. The van der Waals surface area contributed by atoms with Crippen LogP contribution in [0.2, 0.25) is 0 Å². The van der Waals surface area contributed by atoms with Crippen LogP contribution < -0.4 is 0 Å². The zero-order valence-corrected chi connectivity index (χ0v) is 4.22. The molecule has 2 atom stereocenters. The van der Waals surface area contributed by atoms with Gasteiger partial charge in [-0.1, -0.05) is 11.6 Å². The van der Waals surface area contributed by atoms with Crippen LogP contribution in [0.3, 0.4) is 0 Å². The summed E-state index contributed by atoms with van der Waals surface area (Å²) in [5, 5.41) is -3.42. The van der Waals surface area contributed by atoms with Gasteiger partial charge in [-0.15, -0.1) is 0 Å². The molecule has 1 aliphatic carbocycles. The van der Waals surface area contributed by atoms with Gasteiger partial charge in [-0.25, -0.2) is 8.78 Å². The molecule has 0 aromatic rings. The fourth-order valence-corrected chi connectivity index (χ4v) is 0.484. The van der Waals surface area contributed by atoms with E-state index in [1.165, 1.54) is 0 Å². The monoisotopic (exact) mass is 148 g/mol. The van der Waals surface area contributed by atoms with Crippen molar-refractivity contribution >= 4 is 11.6 Å². The fourth-order valence-electron chi connectivity index (χ4n) is 0.306. The Labute approximate surface area is 47.4 Å². The lowest BCUT2D eigenvalue weighted by Crippen LogP contribution is -2.01. The molecule has 0 heterocycles. The number of alkyl halides is 5. The van der Waals surface area contributed by atoms with Crippen molar-refractivity contribution in [1.82, 2.24) is 0 Å². The van der Waals surface area contributed by atoms with Crippen LogP contribution in [0, 0.1) is 0 Å². The minimum Gasteiger partial charge on any atom is -0.235 e. The van der Waals surface area contributed by atoms with Gasteiger partial charge in [-0.05, 0) is 0 Å². The topological polar surface area (TPSA) is 0 Å². The van der Waals surface area contributed by atoms with Gasteiger partial charge in [0.1, 0.15) is 0 Å². The van der Waals surface area contributed by atoms with Crippen molar-refractivity contribution in [1.29, 1.82) is 0 Å². The molecule has 5 heteroatoms. The Morgan fingerprint density at radius 1 is 1.25 bits per heavy atom. The smallest absolute Gasteiger partial charge is 0.235 e. The fraction of sp³-hybridized carbons (Fsp3) is 1.00. The van der Waals surface area contributed by atoms with Crippen molar-refractivity contribution in [3.05, 3.63) is 0 Å². The van der Waals surface area contributed by atoms with Crippen LogP contribution in [0.4, 0.5) is 17.6 Å². The van der Waals surface area contributed by atoms with Crippen molar-refractivity contribution in [2.75, 3.05) is 0 Å². The van der Waals surface area contributed by atoms with Crippen molar-refractivity contribution in [2.45, 2.75) is 17.2 Å². The molecule has 0 aliphatic heterocycles. The zero-order valence-electron chi connectivity index (χ0n) is 3.47. The first-order valence-electron chi connectivity index (χ1n) is 1.80. The first-order valence-corrected chi connectivity index (χ1v) is 2.18. The Morgan fingerprint density at radius 3 is 1.38 bits per heavy atom.